The molecule has 0 aliphatic carbocycles. The summed E-state index contributed by atoms with van der Waals surface area (Å²) in [5.74, 6) is -0.811. The van der Waals surface area contributed by atoms with E-state index in [0.717, 1.165) is 5.56 Å². The summed E-state index contributed by atoms with van der Waals surface area (Å²) in [7, 11) is 1.56. The quantitative estimate of drug-likeness (QED) is 0.583. The van der Waals surface area contributed by atoms with E-state index < -0.39 is 24.4 Å². The zero-order valence-corrected chi connectivity index (χ0v) is 12.0. The molecule has 7 nitrogen and oxygen atoms in total. The van der Waals surface area contributed by atoms with Crippen LogP contribution in [0.1, 0.15) is 18.9 Å². The largest absolute Gasteiger partial charge is 0.496 e. The number of aryl methyl sites for hydroxylation is 1. The number of ether oxygens (including phenoxy) is 2. The number of amides is 2. The van der Waals surface area contributed by atoms with Gasteiger partial charge in [-0.2, -0.15) is 0 Å². The summed E-state index contributed by atoms with van der Waals surface area (Å²) in [6.45, 7) is 0.810. The molecule has 1 aromatic rings. The number of benzene rings is 1. The fourth-order valence-electron chi connectivity index (χ4n) is 1.56. The normalized spacial score (nSPS) is 9.62. The Morgan fingerprint density at radius 1 is 1.14 bits per heavy atom. The van der Waals surface area contributed by atoms with Crippen LogP contribution in [-0.2, 0) is 25.5 Å². The van der Waals surface area contributed by atoms with Gasteiger partial charge in [-0.1, -0.05) is 18.2 Å². The number of rotatable bonds is 6. The van der Waals surface area contributed by atoms with Crippen molar-refractivity contribution in [3.05, 3.63) is 29.8 Å². The lowest BCUT2D eigenvalue weighted by Gasteiger charge is -2.08. The van der Waals surface area contributed by atoms with E-state index in [1.54, 1.807) is 7.11 Å². The van der Waals surface area contributed by atoms with Gasteiger partial charge in [0.15, 0.2) is 6.61 Å². The first-order valence-electron chi connectivity index (χ1n) is 6.36. The molecule has 0 aliphatic rings. The molecule has 0 radical (unpaired) electrons. The van der Waals surface area contributed by atoms with Crippen LogP contribution >= 0.6 is 0 Å². The number of hydrogen-bond donors (Lipinski definition) is 2. The average molecular weight is 294 g/mol. The summed E-state index contributed by atoms with van der Waals surface area (Å²) in [5.41, 5.74) is 5.08. The Bertz CT molecular complexity index is 516. The number of esters is 1. The molecule has 0 fully saturated rings. The van der Waals surface area contributed by atoms with Crippen LogP contribution in [0.25, 0.3) is 0 Å². The Kier molecular flexibility index (Phi) is 6.73. The van der Waals surface area contributed by atoms with Gasteiger partial charge in [-0.15, -0.1) is 0 Å². The van der Waals surface area contributed by atoms with Gasteiger partial charge in [0.05, 0.1) is 7.11 Å². The molecule has 0 heterocycles. The summed E-state index contributed by atoms with van der Waals surface area (Å²) >= 11 is 0. The minimum absolute atomic E-state index is 0.133. The molecular formula is C14H18N2O5. The maximum absolute atomic E-state index is 11.5. The topological polar surface area (TPSA) is 93.7 Å². The number of para-hydroxylation sites is 1. The van der Waals surface area contributed by atoms with Crippen molar-refractivity contribution in [1.29, 1.82) is 0 Å². The van der Waals surface area contributed by atoms with Gasteiger partial charge in [0, 0.05) is 13.3 Å². The molecule has 2 amide bonds. The molecule has 0 unspecified atom stereocenters. The Hall–Kier alpha value is -2.57. The highest BCUT2D eigenvalue weighted by atomic mass is 16.5. The summed E-state index contributed by atoms with van der Waals surface area (Å²) in [6.07, 6.45) is 0.587. The highest BCUT2D eigenvalue weighted by Gasteiger charge is 2.09. The van der Waals surface area contributed by atoms with Crippen LogP contribution < -0.4 is 15.6 Å². The van der Waals surface area contributed by atoms with Crippen molar-refractivity contribution in [3.8, 4) is 5.75 Å². The first kappa shape index (κ1) is 16.5. The molecule has 0 spiro atoms. The Balaban J connectivity index is 2.31. The maximum atomic E-state index is 11.5. The molecule has 0 aromatic heterocycles. The predicted molar refractivity (Wildman–Crippen MR) is 74.2 cm³/mol. The Morgan fingerprint density at radius 3 is 2.52 bits per heavy atom. The number of hydrazine groups is 1. The molecule has 21 heavy (non-hydrogen) atoms. The van der Waals surface area contributed by atoms with E-state index in [1.807, 2.05) is 24.3 Å². The molecule has 0 atom stereocenters. The van der Waals surface area contributed by atoms with Gasteiger partial charge in [-0.05, 0) is 18.1 Å². The van der Waals surface area contributed by atoms with Crippen molar-refractivity contribution in [2.75, 3.05) is 13.7 Å². The van der Waals surface area contributed by atoms with Crippen LogP contribution in [0.15, 0.2) is 24.3 Å². The SMILES string of the molecule is COc1ccccc1CCC(=O)OCC(=O)NNC(C)=O. The first-order valence-corrected chi connectivity index (χ1v) is 6.36. The van der Waals surface area contributed by atoms with E-state index in [0.29, 0.717) is 12.2 Å². The Labute approximate surface area is 122 Å². The third kappa shape index (κ3) is 6.42. The van der Waals surface area contributed by atoms with Crippen molar-refractivity contribution in [2.45, 2.75) is 19.8 Å². The molecular weight excluding hydrogens is 276 g/mol. The minimum atomic E-state index is -0.601. The van der Waals surface area contributed by atoms with E-state index in [4.69, 9.17) is 9.47 Å². The predicted octanol–water partition coefficient (Wildman–Crippen LogP) is 0.338. The molecule has 0 bridgehead atoms. The number of carbonyl (C=O) groups excluding carboxylic acids is 3. The van der Waals surface area contributed by atoms with Crippen molar-refractivity contribution >= 4 is 17.8 Å². The van der Waals surface area contributed by atoms with Gasteiger partial charge in [0.1, 0.15) is 5.75 Å². The molecule has 7 heteroatoms. The summed E-state index contributed by atoms with van der Waals surface area (Å²) in [6, 6.07) is 7.36. The van der Waals surface area contributed by atoms with Gasteiger partial charge in [-0.25, -0.2) is 0 Å². The first-order chi connectivity index (χ1) is 10.0. The second-order valence-electron chi connectivity index (χ2n) is 4.20. The van der Waals surface area contributed by atoms with Gasteiger partial charge in [0.25, 0.3) is 5.91 Å². The van der Waals surface area contributed by atoms with Gasteiger partial charge < -0.3 is 9.47 Å². The van der Waals surface area contributed by atoms with E-state index in [9.17, 15) is 14.4 Å². The molecule has 114 valence electrons. The third-order valence-corrected chi connectivity index (χ3v) is 2.53. The average Bonchev–Trinajstić information content (AvgIpc) is 2.49. The second-order valence-corrected chi connectivity index (χ2v) is 4.20. The van der Waals surface area contributed by atoms with Crippen LogP contribution in [0.3, 0.4) is 0 Å². The lowest BCUT2D eigenvalue weighted by molar-refractivity contribution is -0.148. The molecule has 0 saturated carbocycles. The number of carbonyl (C=O) groups is 3. The van der Waals surface area contributed by atoms with Gasteiger partial charge >= 0.3 is 5.97 Å². The Morgan fingerprint density at radius 2 is 1.86 bits per heavy atom. The number of methoxy groups -OCH3 is 1. The zero-order valence-electron chi connectivity index (χ0n) is 12.0. The monoisotopic (exact) mass is 294 g/mol. The van der Waals surface area contributed by atoms with E-state index >= 15 is 0 Å². The lowest BCUT2D eigenvalue weighted by atomic mass is 10.1. The smallest absolute Gasteiger partial charge is 0.306 e. The molecule has 2 N–H and O–H groups in total. The van der Waals surface area contributed by atoms with Gasteiger partial charge in [0.2, 0.25) is 5.91 Å². The second kappa shape index (κ2) is 8.57. The van der Waals surface area contributed by atoms with Crippen molar-refractivity contribution in [1.82, 2.24) is 10.9 Å². The van der Waals surface area contributed by atoms with Gasteiger partial charge in [-0.3, -0.25) is 25.2 Å². The summed E-state index contributed by atoms with van der Waals surface area (Å²) in [4.78, 5) is 33.3. The summed E-state index contributed by atoms with van der Waals surface area (Å²) < 4.78 is 9.96. The molecule has 1 rings (SSSR count). The van der Waals surface area contributed by atoms with Crippen molar-refractivity contribution < 1.29 is 23.9 Å². The van der Waals surface area contributed by atoms with Crippen molar-refractivity contribution in [2.24, 2.45) is 0 Å². The minimum Gasteiger partial charge on any atom is -0.496 e. The molecule has 0 aliphatic heterocycles. The fourth-order valence-corrected chi connectivity index (χ4v) is 1.56. The van der Waals surface area contributed by atoms with Crippen molar-refractivity contribution in [3.63, 3.8) is 0 Å². The standard InChI is InChI=1S/C14H18N2O5/c1-10(17)15-16-13(18)9-21-14(19)8-7-11-5-3-4-6-12(11)20-2/h3-6H,7-9H2,1-2H3,(H,15,17)(H,16,18). The lowest BCUT2D eigenvalue weighted by Crippen LogP contribution is -2.42. The maximum Gasteiger partial charge on any atom is 0.306 e. The van der Waals surface area contributed by atoms with Crippen LogP contribution in [0.5, 0.6) is 5.75 Å². The molecule has 1 aromatic carbocycles. The highest BCUT2D eigenvalue weighted by molar-refractivity contribution is 5.83. The van der Waals surface area contributed by atoms with E-state index in [-0.39, 0.29) is 6.42 Å². The van der Waals surface area contributed by atoms with Crippen LogP contribution in [0.2, 0.25) is 0 Å². The van der Waals surface area contributed by atoms with Crippen LogP contribution in [0, 0.1) is 0 Å². The fraction of sp³-hybridized carbons (Fsp3) is 0.357. The number of hydrogen-bond acceptors (Lipinski definition) is 5. The molecule has 0 saturated heterocycles. The summed E-state index contributed by atoms with van der Waals surface area (Å²) in [5, 5.41) is 0. The van der Waals surface area contributed by atoms with Crippen LogP contribution in [-0.4, -0.2) is 31.5 Å². The highest BCUT2D eigenvalue weighted by Crippen LogP contribution is 2.18. The van der Waals surface area contributed by atoms with E-state index in [1.165, 1.54) is 6.92 Å². The van der Waals surface area contributed by atoms with E-state index in [2.05, 4.69) is 10.9 Å². The van der Waals surface area contributed by atoms with Crippen LogP contribution in [0.4, 0.5) is 0 Å². The number of nitrogens with one attached hydrogen (secondary N) is 2. The zero-order chi connectivity index (χ0) is 15.7. The third-order valence-electron chi connectivity index (χ3n) is 2.53.